The highest BCUT2D eigenvalue weighted by Crippen LogP contribution is 1.92. The third-order valence-electron chi connectivity index (χ3n) is 1.97. The minimum absolute atomic E-state index is 0.355. The van der Waals surface area contributed by atoms with E-state index in [2.05, 4.69) is 29.0 Å². The van der Waals surface area contributed by atoms with Crippen LogP contribution < -0.4 is 5.32 Å². The lowest BCUT2D eigenvalue weighted by Crippen LogP contribution is -2.26. The third-order valence-corrected chi connectivity index (χ3v) is 1.97. The average Bonchev–Trinajstić information content (AvgIpc) is 2.52. The van der Waals surface area contributed by atoms with Gasteiger partial charge in [-0.3, -0.25) is 0 Å². The molecule has 4 nitrogen and oxygen atoms in total. The van der Waals surface area contributed by atoms with Crippen molar-refractivity contribution < 1.29 is 0 Å². The minimum atomic E-state index is 0.355. The smallest absolute Gasteiger partial charge is 0.133 e. The van der Waals surface area contributed by atoms with Crippen LogP contribution in [0.3, 0.4) is 0 Å². The third kappa shape index (κ3) is 2.99. The van der Waals surface area contributed by atoms with E-state index in [0.29, 0.717) is 6.04 Å². The zero-order valence-electron chi connectivity index (χ0n) is 8.20. The number of aromatic nitrogens is 3. The normalized spacial score (nSPS) is 12.8. The van der Waals surface area contributed by atoms with E-state index in [1.807, 2.05) is 17.7 Å². The first-order valence-corrected chi connectivity index (χ1v) is 4.43. The Hall–Kier alpha value is -1.16. The van der Waals surface area contributed by atoms with Crippen molar-refractivity contribution in [3.05, 3.63) is 24.8 Å². The lowest BCUT2D eigenvalue weighted by molar-refractivity contribution is 0.613. The van der Waals surface area contributed by atoms with Gasteiger partial charge in [-0.25, -0.2) is 0 Å². The fraction of sp³-hybridized carbons (Fsp3) is 0.556. The van der Waals surface area contributed by atoms with Crippen molar-refractivity contribution >= 4 is 0 Å². The standard InChI is InChI=1S/C9H16N4/c1-4-8(2)10-6-5-9-12-11-7-13(9)3/h4,7-8,10H,1,5-6H2,2-3H3. The second kappa shape index (κ2) is 4.77. The highest BCUT2D eigenvalue weighted by atomic mass is 15.2. The summed E-state index contributed by atoms with van der Waals surface area (Å²) < 4.78 is 1.93. The zero-order valence-corrected chi connectivity index (χ0v) is 8.20. The molecule has 1 unspecified atom stereocenters. The van der Waals surface area contributed by atoms with Gasteiger partial charge in [0.15, 0.2) is 0 Å². The molecular formula is C9H16N4. The van der Waals surface area contributed by atoms with Crippen molar-refractivity contribution in [2.45, 2.75) is 19.4 Å². The Bertz CT molecular complexity index is 266. The molecule has 0 aliphatic heterocycles. The Balaban J connectivity index is 2.27. The molecular weight excluding hydrogens is 164 g/mol. The molecule has 0 aliphatic carbocycles. The van der Waals surface area contributed by atoms with Crippen LogP contribution >= 0.6 is 0 Å². The van der Waals surface area contributed by atoms with E-state index in [1.165, 1.54) is 0 Å². The van der Waals surface area contributed by atoms with E-state index < -0.39 is 0 Å². The van der Waals surface area contributed by atoms with Crippen LogP contribution in [-0.4, -0.2) is 27.4 Å². The van der Waals surface area contributed by atoms with E-state index >= 15 is 0 Å². The van der Waals surface area contributed by atoms with E-state index in [-0.39, 0.29) is 0 Å². The first-order chi connectivity index (χ1) is 6.24. The summed E-state index contributed by atoms with van der Waals surface area (Å²) >= 11 is 0. The van der Waals surface area contributed by atoms with Crippen LogP contribution in [0.5, 0.6) is 0 Å². The van der Waals surface area contributed by atoms with Gasteiger partial charge >= 0.3 is 0 Å². The predicted octanol–water partition coefficient (Wildman–Crippen LogP) is 0.522. The van der Waals surface area contributed by atoms with Crippen molar-refractivity contribution in [3.8, 4) is 0 Å². The quantitative estimate of drug-likeness (QED) is 0.672. The molecule has 0 radical (unpaired) electrons. The molecule has 1 N–H and O–H groups in total. The number of rotatable bonds is 5. The van der Waals surface area contributed by atoms with Gasteiger partial charge in [0.1, 0.15) is 12.2 Å². The SMILES string of the molecule is C=CC(C)NCCc1nncn1C. The van der Waals surface area contributed by atoms with Crippen LogP contribution in [0.15, 0.2) is 19.0 Å². The van der Waals surface area contributed by atoms with Gasteiger partial charge in [-0.1, -0.05) is 6.08 Å². The van der Waals surface area contributed by atoms with E-state index in [9.17, 15) is 0 Å². The van der Waals surface area contributed by atoms with Crippen molar-refractivity contribution in [1.29, 1.82) is 0 Å². The van der Waals surface area contributed by atoms with Crippen molar-refractivity contribution in [3.63, 3.8) is 0 Å². The van der Waals surface area contributed by atoms with Gasteiger partial charge in [0.2, 0.25) is 0 Å². The van der Waals surface area contributed by atoms with Crippen LogP contribution in [0.4, 0.5) is 0 Å². The van der Waals surface area contributed by atoms with Crippen LogP contribution in [0.1, 0.15) is 12.7 Å². The second-order valence-corrected chi connectivity index (χ2v) is 3.09. The molecule has 0 saturated carbocycles. The lowest BCUT2D eigenvalue weighted by atomic mass is 10.3. The number of aryl methyl sites for hydroxylation is 1. The largest absolute Gasteiger partial charge is 0.321 e. The Morgan fingerprint density at radius 3 is 3.08 bits per heavy atom. The first-order valence-electron chi connectivity index (χ1n) is 4.43. The summed E-state index contributed by atoms with van der Waals surface area (Å²) in [6, 6.07) is 0.355. The van der Waals surface area contributed by atoms with Crippen molar-refractivity contribution in [2.75, 3.05) is 6.54 Å². The van der Waals surface area contributed by atoms with Gasteiger partial charge in [-0.2, -0.15) is 0 Å². The van der Waals surface area contributed by atoms with Crippen LogP contribution in [-0.2, 0) is 13.5 Å². The lowest BCUT2D eigenvalue weighted by Gasteiger charge is -2.07. The van der Waals surface area contributed by atoms with Crippen LogP contribution in [0.2, 0.25) is 0 Å². The minimum Gasteiger partial charge on any atom is -0.321 e. The molecule has 0 aromatic carbocycles. The van der Waals surface area contributed by atoms with Crippen LogP contribution in [0.25, 0.3) is 0 Å². The summed E-state index contributed by atoms with van der Waals surface area (Å²) in [4.78, 5) is 0. The Labute approximate surface area is 78.7 Å². The van der Waals surface area contributed by atoms with Crippen molar-refractivity contribution in [2.24, 2.45) is 7.05 Å². The van der Waals surface area contributed by atoms with Crippen LogP contribution in [0, 0.1) is 0 Å². The highest BCUT2D eigenvalue weighted by molar-refractivity contribution is 4.87. The van der Waals surface area contributed by atoms with E-state index in [1.54, 1.807) is 6.33 Å². The summed E-state index contributed by atoms with van der Waals surface area (Å²) in [6.45, 7) is 6.67. The number of nitrogens with one attached hydrogen (secondary N) is 1. The van der Waals surface area contributed by atoms with Gasteiger partial charge in [-0.05, 0) is 6.92 Å². The Morgan fingerprint density at radius 2 is 2.54 bits per heavy atom. The molecule has 1 atom stereocenters. The molecule has 4 heteroatoms. The summed E-state index contributed by atoms with van der Waals surface area (Å²) in [6.07, 6.45) is 4.50. The molecule has 1 aromatic rings. The van der Waals surface area contributed by atoms with Gasteiger partial charge in [-0.15, -0.1) is 16.8 Å². The molecule has 0 spiro atoms. The Kier molecular flexibility index (Phi) is 3.64. The summed E-state index contributed by atoms with van der Waals surface area (Å²) in [5.41, 5.74) is 0. The molecule has 1 heterocycles. The fourth-order valence-corrected chi connectivity index (χ4v) is 1.03. The molecule has 0 fully saturated rings. The molecule has 0 amide bonds. The zero-order chi connectivity index (χ0) is 9.68. The number of nitrogens with zero attached hydrogens (tertiary/aromatic N) is 3. The molecule has 0 bridgehead atoms. The monoisotopic (exact) mass is 180 g/mol. The number of hydrogen-bond donors (Lipinski definition) is 1. The van der Waals surface area contributed by atoms with Gasteiger partial charge in [0, 0.05) is 26.1 Å². The topological polar surface area (TPSA) is 42.7 Å². The fourth-order valence-electron chi connectivity index (χ4n) is 1.03. The number of hydrogen-bond acceptors (Lipinski definition) is 3. The van der Waals surface area contributed by atoms with Gasteiger partial charge < -0.3 is 9.88 Å². The summed E-state index contributed by atoms with van der Waals surface area (Å²) in [7, 11) is 1.95. The molecule has 0 aliphatic rings. The van der Waals surface area contributed by atoms with Gasteiger partial charge in [0.25, 0.3) is 0 Å². The Morgan fingerprint density at radius 1 is 1.77 bits per heavy atom. The molecule has 13 heavy (non-hydrogen) atoms. The van der Waals surface area contributed by atoms with Crippen molar-refractivity contribution in [1.82, 2.24) is 20.1 Å². The summed E-state index contributed by atoms with van der Waals surface area (Å²) in [5, 5.41) is 11.1. The maximum Gasteiger partial charge on any atom is 0.133 e. The molecule has 72 valence electrons. The maximum atomic E-state index is 3.99. The molecule has 0 saturated heterocycles. The maximum absolute atomic E-state index is 3.99. The molecule has 1 rings (SSSR count). The van der Waals surface area contributed by atoms with E-state index in [0.717, 1.165) is 18.8 Å². The first kappa shape index (κ1) is 9.92. The summed E-state index contributed by atoms with van der Waals surface area (Å²) in [5.74, 6) is 1.00. The van der Waals surface area contributed by atoms with Gasteiger partial charge in [0.05, 0.1) is 0 Å². The highest BCUT2D eigenvalue weighted by Gasteiger charge is 2.00. The average molecular weight is 180 g/mol. The second-order valence-electron chi connectivity index (χ2n) is 3.09. The predicted molar refractivity (Wildman–Crippen MR) is 52.4 cm³/mol. The van der Waals surface area contributed by atoms with E-state index in [4.69, 9.17) is 0 Å². The molecule has 1 aromatic heterocycles.